The van der Waals surface area contributed by atoms with Gasteiger partial charge in [-0.2, -0.15) is 15.4 Å². The molecule has 6 nitrogen and oxygen atoms in total. The number of carbonyl (C=O) groups excluding carboxylic acids is 2. The van der Waals surface area contributed by atoms with Crippen LogP contribution in [0.25, 0.3) is 0 Å². The third-order valence-corrected chi connectivity index (χ3v) is 6.47. The van der Waals surface area contributed by atoms with Crippen molar-refractivity contribution in [3.8, 4) is 11.8 Å². The van der Waals surface area contributed by atoms with E-state index in [-0.39, 0.29) is 35.5 Å². The van der Waals surface area contributed by atoms with Crippen molar-refractivity contribution in [1.82, 2.24) is 5.01 Å². The van der Waals surface area contributed by atoms with Crippen LogP contribution >= 0.6 is 0 Å². The van der Waals surface area contributed by atoms with E-state index in [2.05, 4.69) is 23.3 Å². The van der Waals surface area contributed by atoms with Crippen LogP contribution in [0, 0.1) is 35.0 Å². The molecule has 4 atom stereocenters. The Kier molecular flexibility index (Phi) is 4.87. The third kappa shape index (κ3) is 3.42. The highest BCUT2D eigenvalue weighted by atomic mass is 16.5. The fourth-order valence-corrected chi connectivity index (χ4v) is 4.86. The largest absolute Gasteiger partial charge is 0.489 e. The number of hydrogen-bond donors (Lipinski definition) is 0. The smallest absolute Gasteiger partial charge is 0.254 e. The second-order valence-corrected chi connectivity index (χ2v) is 8.20. The van der Waals surface area contributed by atoms with E-state index in [1.165, 1.54) is 6.21 Å². The fourth-order valence-electron chi connectivity index (χ4n) is 4.86. The molecule has 4 aliphatic rings. The molecule has 2 aromatic rings. The van der Waals surface area contributed by atoms with Gasteiger partial charge >= 0.3 is 0 Å². The van der Waals surface area contributed by atoms with Crippen LogP contribution in [0.3, 0.4) is 0 Å². The first-order valence-electron chi connectivity index (χ1n) is 10.5. The maximum absolute atomic E-state index is 12.8. The highest BCUT2D eigenvalue weighted by molar-refractivity contribution is 6.06. The number of allylic oxidation sites excluding steroid dienone is 2. The predicted octanol–water partition coefficient (Wildman–Crippen LogP) is 3.67. The van der Waals surface area contributed by atoms with Gasteiger partial charge < -0.3 is 4.74 Å². The normalized spacial score (nSPS) is 26.4. The maximum atomic E-state index is 12.8. The summed E-state index contributed by atoms with van der Waals surface area (Å²) in [5, 5.41) is 14.5. The van der Waals surface area contributed by atoms with Crippen molar-refractivity contribution in [2.24, 2.45) is 28.8 Å². The van der Waals surface area contributed by atoms with Gasteiger partial charge in [-0.15, -0.1) is 0 Å². The zero-order valence-electron chi connectivity index (χ0n) is 16.8. The number of imide groups is 1. The molecule has 6 rings (SSSR count). The van der Waals surface area contributed by atoms with Crippen LogP contribution in [0.5, 0.6) is 5.75 Å². The molecule has 1 aliphatic heterocycles. The summed E-state index contributed by atoms with van der Waals surface area (Å²) in [5.74, 6) is 0.124. The Hall–Kier alpha value is -3.72. The summed E-state index contributed by atoms with van der Waals surface area (Å²) < 4.78 is 5.78. The second kappa shape index (κ2) is 7.84. The number of rotatable bonds is 5. The van der Waals surface area contributed by atoms with Crippen molar-refractivity contribution < 1.29 is 14.3 Å². The van der Waals surface area contributed by atoms with Gasteiger partial charge in [0.15, 0.2) is 0 Å². The van der Waals surface area contributed by atoms with E-state index in [0.29, 0.717) is 17.9 Å². The predicted molar refractivity (Wildman–Crippen MR) is 114 cm³/mol. The van der Waals surface area contributed by atoms with E-state index < -0.39 is 0 Å². The summed E-state index contributed by atoms with van der Waals surface area (Å²) in [6, 6.07) is 16.7. The Labute approximate surface area is 180 Å². The molecular formula is C25H21N3O3. The van der Waals surface area contributed by atoms with Gasteiger partial charge in [-0.25, -0.2) is 0 Å². The zero-order valence-corrected chi connectivity index (χ0v) is 16.8. The molecule has 2 amide bonds. The summed E-state index contributed by atoms with van der Waals surface area (Å²) in [6.07, 6.45) is 7.68. The molecule has 2 bridgehead atoms. The van der Waals surface area contributed by atoms with Gasteiger partial charge in [-0.1, -0.05) is 30.4 Å². The minimum Gasteiger partial charge on any atom is -0.489 e. The minimum atomic E-state index is -0.250. The highest BCUT2D eigenvalue weighted by Gasteiger charge is 2.56. The second-order valence-electron chi connectivity index (χ2n) is 8.20. The van der Waals surface area contributed by atoms with E-state index in [4.69, 9.17) is 10.00 Å². The van der Waals surface area contributed by atoms with Crippen LogP contribution < -0.4 is 4.74 Å². The van der Waals surface area contributed by atoms with E-state index >= 15 is 0 Å². The first kappa shape index (κ1) is 19.3. The molecule has 1 saturated heterocycles. The summed E-state index contributed by atoms with van der Waals surface area (Å²) in [6.45, 7) is 0.299. The highest BCUT2D eigenvalue weighted by Crippen LogP contribution is 2.49. The Morgan fingerprint density at radius 3 is 2.26 bits per heavy atom. The molecule has 31 heavy (non-hydrogen) atoms. The van der Waals surface area contributed by atoms with E-state index in [1.54, 1.807) is 18.2 Å². The maximum Gasteiger partial charge on any atom is 0.254 e. The molecule has 1 saturated carbocycles. The Bertz CT molecular complexity index is 1100. The molecular weight excluding hydrogens is 390 g/mol. The number of benzene rings is 2. The molecule has 3 aliphatic carbocycles. The van der Waals surface area contributed by atoms with Crippen molar-refractivity contribution in [2.45, 2.75) is 19.4 Å². The first-order valence-corrected chi connectivity index (χ1v) is 10.5. The molecule has 0 radical (unpaired) electrons. The van der Waals surface area contributed by atoms with Crippen LogP contribution in [0.2, 0.25) is 0 Å². The first-order chi connectivity index (χ1) is 15.2. The number of fused-ring (bicyclic) bond motifs is 1. The number of carbonyl (C=O) groups is 2. The Balaban J connectivity index is 1.24. The number of nitriles is 1. The minimum absolute atomic E-state index is 0.161. The van der Waals surface area contributed by atoms with Crippen molar-refractivity contribution in [2.75, 3.05) is 0 Å². The molecule has 0 spiro atoms. The Morgan fingerprint density at radius 1 is 1.00 bits per heavy atom. The van der Waals surface area contributed by atoms with Gasteiger partial charge in [0.05, 0.1) is 29.7 Å². The average molecular weight is 411 g/mol. The van der Waals surface area contributed by atoms with Crippen LogP contribution in [-0.2, 0) is 16.2 Å². The van der Waals surface area contributed by atoms with Crippen LogP contribution in [-0.4, -0.2) is 23.0 Å². The number of hydrogen-bond acceptors (Lipinski definition) is 5. The lowest BCUT2D eigenvalue weighted by Crippen LogP contribution is -2.38. The lowest BCUT2D eigenvalue weighted by molar-refractivity contribution is -0.140. The van der Waals surface area contributed by atoms with E-state index in [0.717, 1.165) is 29.0 Å². The summed E-state index contributed by atoms with van der Waals surface area (Å²) >= 11 is 0. The number of ether oxygens (including phenoxy) is 1. The number of hydrazone groups is 1. The SMILES string of the molecule is N#Cc1ccccc1COc1ccc(/C=N\N2C(=O)[C@@H]3[C@@H](C2=O)[C@H]2C=C[C@@H]3CC2)cc1. The molecule has 0 N–H and O–H groups in total. The van der Waals surface area contributed by atoms with Crippen molar-refractivity contribution in [3.63, 3.8) is 0 Å². The van der Waals surface area contributed by atoms with Crippen LogP contribution in [0.15, 0.2) is 65.8 Å². The van der Waals surface area contributed by atoms with Gasteiger partial charge in [0.2, 0.25) is 0 Å². The summed E-state index contributed by atoms with van der Waals surface area (Å²) in [4.78, 5) is 25.6. The number of amides is 2. The van der Waals surface area contributed by atoms with Gasteiger partial charge in [0.1, 0.15) is 12.4 Å². The monoisotopic (exact) mass is 411 g/mol. The fraction of sp³-hybridized carbons (Fsp3) is 0.280. The molecule has 0 unspecified atom stereocenters. The topological polar surface area (TPSA) is 82.8 Å². The van der Waals surface area contributed by atoms with Crippen molar-refractivity contribution >= 4 is 18.0 Å². The molecule has 2 aromatic carbocycles. The molecule has 1 heterocycles. The van der Waals surface area contributed by atoms with Gasteiger partial charge in [0.25, 0.3) is 11.8 Å². The van der Waals surface area contributed by atoms with Crippen molar-refractivity contribution in [1.29, 1.82) is 5.26 Å². The molecule has 154 valence electrons. The van der Waals surface area contributed by atoms with Gasteiger partial charge in [0, 0.05) is 5.56 Å². The Morgan fingerprint density at radius 2 is 1.65 bits per heavy atom. The standard InChI is InChI=1S/C25H21N3O3/c26-13-19-3-1-2-4-20(19)15-31-21-11-5-16(6-12-21)14-27-28-24(29)22-17-7-8-18(10-9-17)23(22)25(28)30/h1-8,11-12,14,17-18,22-23H,9-10,15H2/b27-14-/t17-,18+,22-,23-/m0/s1. The summed E-state index contributed by atoms with van der Waals surface area (Å²) in [5.41, 5.74) is 2.18. The average Bonchev–Trinajstić information content (AvgIpc) is 3.09. The van der Waals surface area contributed by atoms with Crippen molar-refractivity contribution in [3.05, 3.63) is 77.4 Å². The van der Waals surface area contributed by atoms with E-state index in [9.17, 15) is 9.59 Å². The molecule has 0 aromatic heterocycles. The number of nitrogens with zero attached hydrogens (tertiary/aromatic N) is 3. The third-order valence-electron chi connectivity index (χ3n) is 6.47. The van der Waals surface area contributed by atoms with Crippen LogP contribution in [0.1, 0.15) is 29.5 Å². The quantitative estimate of drug-likeness (QED) is 0.427. The van der Waals surface area contributed by atoms with Gasteiger partial charge in [-0.3, -0.25) is 9.59 Å². The molecule has 6 heteroatoms. The van der Waals surface area contributed by atoms with Crippen LogP contribution in [0.4, 0.5) is 0 Å². The zero-order chi connectivity index (χ0) is 21.4. The van der Waals surface area contributed by atoms with Gasteiger partial charge in [-0.05, 0) is 60.6 Å². The summed E-state index contributed by atoms with van der Waals surface area (Å²) in [7, 11) is 0. The lowest BCUT2D eigenvalue weighted by atomic mass is 9.63. The molecule has 2 fully saturated rings. The van der Waals surface area contributed by atoms with E-state index in [1.807, 2.05) is 30.3 Å². The lowest BCUT2D eigenvalue weighted by Gasteiger charge is -2.37.